The largest absolute Gasteiger partial charge is 0.573 e. The van der Waals surface area contributed by atoms with Gasteiger partial charge in [-0.25, -0.2) is 0 Å². The first-order valence-corrected chi connectivity index (χ1v) is 8.84. The lowest BCUT2D eigenvalue weighted by Crippen LogP contribution is -2.20. The quantitative estimate of drug-likeness (QED) is 0.824. The van der Waals surface area contributed by atoms with Gasteiger partial charge in [0.15, 0.2) is 0 Å². The van der Waals surface area contributed by atoms with Crippen LogP contribution in [0.2, 0.25) is 0 Å². The van der Waals surface area contributed by atoms with E-state index in [1.54, 1.807) is 18.2 Å². The first kappa shape index (κ1) is 19.1. The van der Waals surface area contributed by atoms with Crippen LogP contribution in [0.3, 0.4) is 0 Å². The second-order valence-electron chi connectivity index (χ2n) is 6.59. The van der Waals surface area contributed by atoms with Crippen molar-refractivity contribution in [1.29, 1.82) is 0 Å². The molecule has 27 heavy (non-hydrogen) atoms. The molecule has 0 bridgehead atoms. The number of hydrogen-bond acceptors (Lipinski definition) is 3. The highest BCUT2D eigenvalue weighted by molar-refractivity contribution is 5.93. The number of carbonyl (C=O) groups is 1. The number of alkyl halides is 3. The molecule has 0 unspecified atom stereocenters. The number of amides is 1. The highest BCUT2D eigenvalue weighted by atomic mass is 19.4. The summed E-state index contributed by atoms with van der Waals surface area (Å²) in [5.74, 6) is -0.711. The Kier molecular flexibility index (Phi) is 5.58. The van der Waals surface area contributed by atoms with Gasteiger partial charge in [0.25, 0.3) is 0 Å². The van der Waals surface area contributed by atoms with Crippen LogP contribution >= 0.6 is 0 Å². The molecule has 0 atom stereocenters. The number of hydrogen-bond donors (Lipinski definition) is 1. The van der Waals surface area contributed by atoms with Crippen LogP contribution in [0.15, 0.2) is 42.5 Å². The molecule has 1 aliphatic heterocycles. The Morgan fingerprint density at radius 1 is 1.04 bits per heavy atom. The first-order chi connectivity index (χ1) is 12.8. The average molecular weight is 378 g/mol. The van der Waals surface area contributed by atoms with Gasteiger partial charge in [0.2, 0.25) is 5.91 Å². The lowest BCUT2D eigenvalue weighted by molar-refractivity contribution is -0.274. The number of aryl methyl sites for hydroxylation is 2. The van der Waals surface area contributed by atoms with E-state index in [-0.39, 0.29) is 5.75 Å². The van der Waals surface area contributed by atoms with Crippen molar-refractivity contribution in [2.45, 2.75) is 32.0 Å². The van der Waals surface area contributed by atoms with Gasteiger partial charge in [-0.15, -0.1) is 13.2 Å². The summed E-state index contributed by atoms with van der Waals surface area (Å²) >= 11 is 0. The van der Waals surface area contributed by atoms with E-state index in [1.807, 2.05) is 12.1 Å². The Bertz CT molecular complexity index is 798. The zero-order valence-corrected chi connectivity index (χ0v) is 14.8. The smallest absolute Gasteiger partial charge is 0.406 e. The van der Waals surface area contributed by atoms with Crippen molar-refractivity contribution >= 4 is 11.6 Å². The monoisotopic (exact) mass is 378 g/mol. The van der Waals surface area contributed by atoms with Gasteiger partial charge in [0.05, 0.1) is 0 Å². The molecule has 2 N–H and O–H groups in total. The lowest BCUT2D eigenvalue weighted by Gasteiger charge is -2.22. The van der Waals surface area contributed by atoms with Crippen molar-refractivity contribution in [3.8, 4) is 5.75 Å². The molecule has 1 aliphatic rings. The van der Waals surface area contributed by atoms with Gasteiger partial charge < -0.3 is 15.4 Å². The molecule has 1 saturated heterocycles. The number of benzene rings is 2. The number of rotatable bonds is 6. The molecular weight excluding hydrogens is 357 g/mol. The molecule has 2 aromatic rings. The topological polar surface area (TPSA) is 55.6 Å². The van der Waals surface area contributed by atoms with Crippen LogP contribution in [-0.4, -0.2) is 25.4 Å². The molecule has 144 valence electrons. The van der Waals surface area contributed by atoms with Crippen LogP contribution in [0.1, 0.15) is 34.3 Å². The third-order valence-electron chi connectivity index (χ3n) is 4.65. The Morgan fingerprint density at radius 2 is 1.70 bits per heavy atom. The molecule has 0 saturated carbocycles. The molecule has 0 radical (unpaired) electrons. The highest BCUT2D eigenvalue weighted by Crippen LogP contribution is 2.28. The Labute approximate surface area is 155 Å². The fourth-order valence-corrected chi connectivity index (χ4v) is 3.34. The van der Waals surface area contributed by atoms with Crippen LogP contribution in [0.5, 0.6) is 5.75 Å². The molecule has 1 heterocycles. The van der Waals surface area contributed by atoms with E-state index in [4.69, 9.17) is 5.73 Å². The maximum Gasteiger partial charge on any atom is 0.573 e. The third-order valence-corrected chi connectivity index (χ3v) is 4.65. The van der Waals surface area contributed by atoms with Gasteiger partial charge in [-0.3, -0.25) is 4.79 Å². The van der Waals surface area contributed by atoms with Crippen LogP contribution in [0.4, 0.5) is 18.9 Å². The predicted octanol–water partition coefficient (Wildman–Crippen LogP) is 4.07. The fourth-order valence-electron chi connectivity index (χ4n) is 3.34. The Balaban J connectivity index is 1.74. The molecule has 7 heteroatoms. The van der Waals surface area contributed by atoms with E-state index in [1.165, 1.54) is 12.1 Å². The summed E-state index contributed by atoms with van der Waals surface area (Å²) in [5, 5.41) is 0. The summed E-state index contributed by atoms with van der Waals surface area (Å²) in [5.41, 5.74) is 8.86. The second kappa shape index (κ2) is 7.90. The molecule has 0 spiro atoms. The van der Waals surface area contributed by atoms with E-state index in [9.17, 15) is 18.0 Å². The number of anilines is 1. The van der Waals surface area contributed by atoms with Crippen molar-refractivity contribution in [1.82, 2.24) is 0 Å². The minimum absolute atomic E-state index is 0.236. The number of nitrogens with zero attached hydrogens (tertiary/aromatic N) is 1. The molecule has 2 aromatic carbocycles. The molecule has 4 nitrogen and oxygen atoms in total. The lowest BCUT2D eigenvalue weighted by atomic mass is 10.00. The third kappa shape index (κ3) is 5.15. The van der Waals surface area contributed by atoms with Gasteiger partial charge in [0, 0.05) is 24.3 Å². The maximum absolute atomic E-state index is 12.2. The minimum Gasteiger partial charge on any atom is -0.406 e. The summed E-state index contributed by atoms with van der Waals surface area (Å²) in [6, 6.07) is 11.3. The molecule has 0 aromatic heterocycles. The number of halogens is 3. The zero-order chi connectivity index (χ0) is 19.4. The zero-order valence-electron chi connectivity index (χ0n) is 14.8. The number of primary amides is 1. The summed E-state index contributed by atoms with van der Waals surface area (Å²) in [7, 11) is 0. The van der Waals surface area contributed by atoms with Crippen molar-refractivity contribution in [3.63, 3.8) is 0 Å². The highest BCUT2D eigenvalue weighted by Gasteiger charge is 2.30. The molecule has 0 aliphatic carbocycles. The standard InChI is InChI=1S/C20H21F3N2O2/c21-20(22,23)27-17-8-4-14(5-9-17)3-6-15-13-16(19(24)26)7-10-18(15)25-11-1-2-12-25/h4-5,7-10,13H,1-3,6,11-12H2,(H2,24,26). The van der Waals surface area contributed by atoms with Crippen LogP contribution in [-0.2, 0) is 12.8 Å². The van der Waals surface area contributed by atoms with Gasteiger partial charge in [0.1, 0.15) is 5.75 Å². The van der Waals surface area contributed by atoms with Crippen molar-refractivity contribution in [2.24, 2.45) is 5.73 Å². The molecular formula is C20H21F3N2O2. The number of carbonyl (C=O) groups excluding carboxylic acids is 1. The van der Waals surface area contributed by atoms with Crippen molar-refractivity contribution in [3.05, 3.63) is 59.2 Å². The van der Waals surface area contributed by atoms with Gasteiger partial charge in [-0.05, 0) is 67.1 Å². The van der Waals surface area contributed by atoms with E-state index < -0.39 is 12.3 Å². The normalized spacial score (nSPS) is 14.4. The Morgan fingerprint density at radius 3 is 2.30 bits per heavy atom. The van der Waals surface area contributed by atoms with E-state index in [0.717, 1.165) is 42.7 Å². The first-order valence-electron chi connectivity index (χ1n) is 8.84. The van der Waals surface area contributed by atoms with Crippen LogP contribution < -0.4 is 15.4 Å². The number of nitrogens with two attached hydrogens (primary N) is 1. The van der Waals surface area contributed by atoms with E-state index >= 15 is 0 Å². The van der Waals surface area contributed by atoms with Gasteiger partial charge >= 0.3 is 6.36 Å². The SMILES string of the molecule is NC(=O)c1ccc(N2CCCC2)c(CCc2ccc(OC(F)(F)F)cc2)c1. The Hall–Kier alpha value is -2.70. The maximum atomic E-state index is 12.2. The van der Waals surface area contributed by atoms with Gasteiger partial charge in [-0.2, -0.15) is 0 Å². The molecule has 1 amide bonds. The van der Waals surface area contributed by atoms with Crippen LogP contribution in [0.25, 0.3) is 0 Å². The summed E-state index contributed by atoms with van der Waals surface area (Å²) in [6.45, 7) is 1.96. The van der Waals surface area contributed by atoms with E-state index in [2.05, 4.69) is 9.64 Å². The van der Waals surface area contributed by atoms with Crippen molar-refractivity contribution in [2.75, 3.05) is 18.0 Å². The van der Waals surface area contributed by atoms with Crippen LogP contribution in [0, 0.1) is 0 Å². The van der Waals surface area contributed by atoms with E-state index in [0.29, 0.717) is 18.4 Å². The fraction of sp³-hybridized carbons (Fsp3) is 0.350. The van der Waals surface area contributed by atoms with Crippen molar-refractivity contribution < 1.29 is 22.7 Å². The average Bonchev–Trinajstić information content (AvgIpc) is 3.14. The summed E-state index contributed by atoms with van der Waals surface area (Å²) in [6.07, 6.45) is -1.13. The molecule has 3 rings (SSSR count). The van der Waals surface area contributed by atoms with Gasteiger partial charge in [-0.1, -0.05) is 12.1 Å². The molecule has 1 fully saturated rings. The summed E-state index contributed by atoms with van der Waals surface area (Å²) in [4.78, 5) is 13.8. The summed E-state index contributed by atoms with van der Waals surface area (Å²) < 4.78 is 40.6. The predicted molar refractivity (Wildman–Crippen MR) is 96.9 cm³/mol. The minimum atomic E-state index is -4.69. The number of ether oxygens (including phenoxy) is 1. The second-order valence-corrected chi connectivity index (χ2v) is 6.59.